The summed E-state index contributed by atoms with van der Waals surface area (Å²) in [5.74, 6) is 0.430. The molecule has 3 aliphatic rings. The normalized spacial score (nSPS) is 18.8. The smallest absolute Gasteiger partial charge is 0.320 e. The third-order valence-corrected chi connectivity index (χ3v) is 12.3. The second-order valence-corrected chi connectivity index (χ2v) is 17.7. The summed E-state index contributed by atoms with van der Waals surface area (Å²) in [5, 5.41) is 25.1. The van der Waals surface area contributed by atoms with Gasteiger partial charge in [0, 0.05) is 0 Å². The molecule has 12 nitrogen and oxygen atoms in total. The Hall–Kier alpha value is -5.72. The van der Waals surface area contributed by atoms with Gasteiger partial charge >= 0.3 is 11.9 Å². The van der Waals surface area contributed by atoms with Crippen molar-refractivity contribution in [3.05, 3.63) is 119 Å². The van der Waals surface area contributed by atoms with E-state index in [0.29, 0.717) is 60.1 Å². The Morgan fingerprint density at radius 2 is 1.06 bits per heavy atom. The van der Waals surface area contributed by atoms with E-state index >= 15 is 0 Å². The highest BCUT2D eigenvalue weighted by atomic mass is 16.5. The molecule has 12 heteroatoms. The summed E-state index contributed by atoms with van der Waals surface area (Å²) in [5.41, 5.74) is 5.91. The Morgan fingerprint density at radius 3 is 1.49 bits per heavy atom. The summed E-state index contributed by atoms with van der Waals surface area (Å²) in [7, 11) is 0. The summed E-state index contributed by atoms with van der Waals surface area (Å²) < 4.78 is 11.8. The van der Waals surface area contributed by atoms with Crippen LogP contribution >= 0.6 is 0 Å². The van der Waals surface area contributed by atoms with Gasteiger partial charge in [-0.2, -0.15) is 0 Å². The molecule has 4 atom stereocenters. The van der Waals surface area contributed by atoms with Gasteiger partial charge in [0.15, 0.2) is 0 Å². The molecule has 1 saturated carbocycles. The van der Waals surface area contributed by atoms with Crippen LogP contribution in [0.4, 0.5) is 11.4 Å². The summed E-state index contributed by atoms with van der Waals surface area (Å²) in [6.45, 7) is 11.1. The van der Waals surface area contributed by atoms with Crippen LogP contribution < -0.4 is 29.9 Å². The summed E-state index contributed by atoms with van der Waals surface area (Å²) >= 11 is 0. The van der Waals surface area contributed by atoms with E-state index in [1.807, 2.05) is 60.7 Å². The second kappa shape index (κ2) is 22.1. The molecule has 0 spiro atoms. The maximum Gasteiger partial charge on any atom is 0.320 e. The van der Waals surface area contributed by atoms with Crippen LogP contribution in [0.2, 0.25) is 0 Å². The number of nitrogens with one attached hydrogen (secondary N) is 2. The lowest BCUT2D eigenvalue weighted by atomic mass is 9.85. The zero-order chi connectivity index (χ0) is 45.0. The molecule has 2 heterocycles. The van der Waals surface area contributed by atoms with E-state index in [9.17, 15) is 29.4 Å². The van der Waals surface area contributed by atoms with Crippen molar-refractivity contribution in [3.63, 3.8) is 0 Å². The van der Waals surface area contributed by atoms with Crippen molar-refractivity contribution in [2.24, 2.45) is 5.92 Å². The maximum absolute atomic E-state index is 13.7. The highest BCUT2D eigenvalue weighted by Crippen LogP contribution is 2.35. The Balaban J connectivity index is 0.000000215. The number of benzene rings is 4. The molecular formula is C51H64N4O8. The Kier molecular flexibility index (Phi) is 16.4. The molecule has 0 radical (unpaired) electrons. The highest BCUT2D eigenvalue weighted by Gasteiger charge is 2.36. The van der Waals surface area contributed by atoms with Gasteiger partial charge in [0.2, 0.25) is 11.8 Å². The summed E-state index contributed by atoms with van der Waals surface area (Å²) in [4.78, 5) is 53.7. The molecule has 63 heavy (non-hydrogen) atoms. The predicted molar refractivity (Wildman–Crippen MR) is 245 cm³/mol. The number of carboxylic acid groups (broad SMARTS) is 2. The van der Waals surface area contributed by atoms with Crippen LogP contribution in [-0.4, -0.2) is 71.3 Å². The van der Waals surface area contributed by atoms with Gasteiger partial charge in [-0.15, -0.1) is 0 Å². The quantitative estimate of drug-likeness (QED) is 0.0912. The van der Waals surface area contributed by atoms with Crippen LogP contribution in [0, 0.1) is 5.92 Å². The van der Waals surface area contributed by atoms with Crippen LogP contribution in [0.25, 0.3) is 0 Å². The molecule has 0 aromatic heterocycles. The van der Waals surface area contributed by atoms with Crippen molar-refractivity contribution in [2.45, 2.75) is 129 Å². The standard InChI is InChI=1S/C29H38N2O4.C22H26N2O4/c1-20(2)23-15-12-22(13-16-23)18-31-26-10-6-7-11-27(26)35-19-25(28(31)32)30-24(29(33)34)17-14-21-8-4-3-5-9-21;1-14(2)17-10-8-16(9-11-17)12-24-19-6-4-5-7-20(19)28-13-18(21(24)25)23-15(3)22(26)27/h6-7,10-13,15-16,20-21,24-25,30H,3-5,8-9,14,17-19H2,1-2H3,(H,33,34);4-11,14-15,18,23H,12-13H2,1-3H3,(H,26,27)/t24-,25-;15-,18?/m00/s1. The van der Waals surface area contributed by atoms with E-state index in [1.165, 1.54) is 50.2 Å². The molecule has 1 aliphatic carbocycles. The lowest BCUT2D eigenvalue weighted by Gasteiger charge is -2.28. The van der Waals surface area contributed by atoms with Crippen LogP contribution in [0.15, 0.2) is 97.1 Å². The first-order chi connectivity index (χ1) is 30.3. The Labute approximate surface area is 372 Å². The molecule has 4 aromatic carbocycles. The van der Waals surface area contributed by atoms with E-state index in [0.717, 1.165) is 17.5 Å². The van der Waals surface area contributed by atoms with Crippen LogP contribution in [0.1, 0.15) is 114 Å². The number of ether oxygens (including phenoxy) is 2. The number of amides is 2. The SMILES string of the molecule is CC(C)c1ccc(CN2C(=O)C(N[C@@H](C)C(=O)O)COc3ccccc32)cc1.CC(C)c1ccc(CN2C(=O)[C@@H](N[C@@H](CCC3CCCCC3)C(=O)O)COc3ccccc32)cc1. The van der Waals surface area contributed by atoms with E-state index < -0.39 is 36.1 Å². The summed E-state index contributed by atoms with van der Waals surface area (Å²) in [6.07, 6.45) is 7.49. The third-order valence-electron chi connectivity index (χ3n) is 12.3. The minimum Gasteiger partial charge on any atom is -0.489 e. The third kappa shape index (κ3) is 12.5. The molecule has 336 valence electrons. The lowest BCUT2D eigenvalue weighted by molar-refractivity contribution is -0.141. The zero-order valence-corrected chi connectivity index (χ0v) is 37.3. The minimum absolute atomic E-state index is 0.0796. The first-order valence-electron chi connectivity index (χ1n) is 22.5. The fourth-order valence-electron chi connectivity index (χ4n) is 8.43. The molecule has 0 saturated heterocycles. The fourth-order valence-corrected chi connectivity index (χ4v) is 8.43. The van der Waals surface area contributed by atoms with E-state index in [1.54, 1.807) is 9.80 Å². The molecule has 4 aromatic rings. The van der Waals surface area contributed by atoms with Crippen LogP contribution in [0.3, 0.4) is 0 Å². The fraction of sp³-hybridized carbons (Fsp3) is 0.451. The van der Waals surface area contributed by atoms with Gasteiger partial charge in [-0.25, -0.2) is 0 Å². The van der Waals surface area contributed by atoms with Gasteiger partial charge in [-0.05, 0) is 84.0 Å². The number of hydrogen-bond acceptors (Lipinski definition) is 8. The molecule has 2 aliphatic heterocycles. The molecule has 1 fully saturated rings. The van der Waals surface area contributed by atoms with Gasteiger partial charge in [-0.1, -0.05) is 133 Å². The molecular weight excluding hydrogens is 797 g/mol. The second-order valence-electron chi connectivity index (χ2n) is 17.7. The number of aliphatic carboxylic acids is 2. The molecule has 2 amide bonds. The average molecular weight is 861 g/mol. The molecule has 1 unspecified atom stereocenters. The Morgan fingerprint density at radius 1 is 0.619 bits per heavy atom. The monoisotopic (exact) mass is 860 g/mol. The van der Waals surface area contributed by atoms with Crippen molar-refractivity contribution in [2.75, 3.05) is 23.0 Å². The highest BCUT2D eigenvalue weighted by molar-refractivity contribution is 6.00. The van der Waals surface area contributed by atoms with Gasteiger partial charge in [0.25, 0.3) is 0 Å². The lowest BCUT2D eigenvalue weighted by Crippen LogP contribution is -2.53. The van der Waals surface area contributed by atoms with Gasteiger partial charge < -0.3 is 29.5 Å². The number of carbonyl (C=O) groups excluding carboxylic acids is 2. The van der Waals surface area contributed by atoms with E-state index in [4.69, 9.17) is 9.47 Å². The number of fused-ring (bicyclic) bond motifs is 2. The first-order valence-corrected chi connectivity index (χ1v) is 22.5. The van der Waals surface area contributed by atoms with Crippen LogP contribution in [0.5, 0.6) is 11.5 Å². The minimum atomic E-state index is -1.01. The number of nitrogens with zero attached hydrogens (tertiary/aromatic N) is 2. The van der Waals surface area contributed by atoms with Gasteiger partial charge in [-0.3, -0.25) is 29.8 Å². The number of rotatable bonds is 15. The number of hydrogen-bond donors (Lipinski definition) is 4. The number of carbonyl (C=O) groups is 4. The molecule has 0 bridgehead atoms. The number of anilines is 2. The maximum atomic E-state index is 13.7. The van der Waals surface area contributed by atoms with E-state index in [-0.39, 0.29) is 25.0 Å². The van der Waals surface area contributed by atoms with Crippen molar-refractivity contribution >= 4 is 35.1 Å². The predicted octanol–water partition coefficient (Wildman–Crippen LogP) is 8.67. The van der Waals surface area contributed by atoms with Crippen LogP contribution in [-0.2, 0) is 32.3 Å². The average Bonchev–Trinajstić information content (AvgIpc) is 3.49. The summed E-state index contributed by atoms with van der Waals surface area (Å²) in [6, 6.07) is 28.3. The van der Waals surface area contributed by atoms with Crippen molar-refractivity contribution in [1.82, 2.24) is 10.6 Å². The van der Waals surface area contributed by atoms with Crippen molar-refractivity contribution < 1.29 is 38.9 Å². The molecule has 4 N–H and O–H groups in total. The zero-order valence-electron chi connectivity index (χ0n) is 37.3. The van der Waals surface area contributed by atoms with Gasteiger partial charge in [0.1, 0.15) is 48.9 Å². The Bertz CT molecular complexity index is 2150. The van der Waals surface area contributed by atoms with Gasteiger partial charge in [0.05, 0.1) is 24.5 Å². The first kappa shape index (κ1) is 46.8. The van der Waals surface area contributed by atoms with Crippen molar-refractivity contribution in [1.29, 1.82) is 0 Å². The van der Waals surface area contributed by atoms with E-state index in [2.05, 4.69) is 74.7 Å². The number of para-hydroxylation sites is 4. The number of carboxylic acids is 2. The molecule has 7 rings (SSSR count). The topological polar surface area (TPSA) is 158 Å². The largest absolute Gasteiger partial charge is 0.489 e. The van der Waals surface area contributed by atoms with Crippen molar-refractivity contribution in [3.8, 4) is 11.5 Å².